The van der Waals surface area contributed by atoms with Gasteiger partial charge in [-0.3, -0.25) is 9.98 Å². The monoisotopic (exact) mass is 428 g/mol. The lowest BCUT2D eigenvalue weighted by molar-refractivity contribution is -0.139. The minimum Gasteiger partial charge on any atom is -0.284 e. The van der Waals surface area contributed by atoms with Gasteiger partial charge in [-0.2, -0.15) is 13.2 Å². The molecule has 0 aliphatic carbocycles. The number of aliphatic imine (C=N–C) groups is 1. The van der Waals surface area contributed by atoms with Gasteiger partial charge in [-0.25, -0.2) is 8.78 Å². The summed E-state index contributed by atoms with van der Waals surface area (Å²) in [5, 5.41) is 0. The highest BCUT2D eigenvalue weighted by Gasteiger charge is 2.35. The summed E-state index contributed by atoms with van der Waals surface area (Å²) in [6, 6.07) is 10.5. The van der Waals surface area contributed by atoms with Crippen LogP contribution in [0.1, 0.15) is 29.5 Å². The Morgan fingerprint density at radius 2 is 1.77 bits per heavy atom. The van der Waals surface area contributed by atoms with E-state index in [1.807, 2.05) is 6.07 Å². The molecule has 0 N–H and O–H groups in total. The van der Waals surface area contributed by atoms with Gasteiger partial charge in [0.2, 0.25) is 0 Å². The molecule has 0 bridgehead atoms. The lowest BCUT2D eigenvalue weighted by Crippen LogP contribution is -2.12. The summed E-state index contributed by atoms with van der Waals surface area (Å²) in [6.45, 7) is 0.672. The molecule has 1 aliphatic heterocycles. The van der Waals surface area contributed by atoms with Crippen molar-refractivity contribution >= 4 is 11.8 Å². The van der Waals surface area contributed by atoms with Gasteiger partial charge in [0, 0.05) is 35.6 Å². The number of hydrogen-bond donors (Lipinski definition) is 0. The van der Waals surface area contributed by atoms with E-state index in [-0.39, 0.29) is 5.56 Å². The topological polar surface area (TPSA) is 25.2 Å². The minimum atomic E-state index is -4.87. The molecule has 2 heterocycles. The van der Waals surface area contributed by atoms with Gasteiger partial charge < -0.3 is 0 Å². The number of aromatic nitrogens is 1. The number of benzene rings is 2. The maximum atomic E-state index is 14.6. The van der Waals surface area contributed by atoms with Gasteiger partial charge in [-0.15, -0.1) is 0 Å². The quantitative estimate of drug-likeness (QED) is 0.426. The normalized spacial score (nSPS) is 15.8. The van der Waals surface area contributed by atoms with Crippen LogP contribution in [-0.4, -0.2) is 17.2 Å². The standard InChI is InChI=1S/C24H17F5N2/c25-21-9-8-15(12-16-4-3-11-31-23(16)17-5-2-10-30-14-17)13-19(21)18-6-1-7-20(22(18)26)24(27,28)29/h1-2,5-10,12-14H,3-4,11H2/b16-12-. The number of pyridine rings is 1. The van der Waals surface area contributed by atoms with Crippen LogP contribution >= 0.6 is 0 Å². The molecule has 0 saturated carbocycles. The van der Waals surface area contributed by atoms with Crippen molar-refractivity contribution in [2.45, 2.75) is 19.0 Å². The Hall–Kier alpha value is -3.35. The SMILES string of the molecule is Fc1ccc(/C=C2/CCCN=C2c2cccnc2)cc1-c1cccc(C(F)(F)F)c1F. The van der Waals surface area contributed by atoms with Crippen LogP contribution < -0.4 is 0 Å². The van der Waals surface area contributed by atoms with Crippen LogP contribution in [0.15, 0.2) is 71.5 Å². The second-order valence-corrected chi connectivity index (χ2v) is 7.15. The fraction of sp³-hybridized carbons (Fsp3) is 0.167. The zero-order valence-electron chi connectivity index (χ0n) is 16.3. The van der Waals surface area contributed by atoms with Crippen molar-refractivity contribution in [3.8, 4) is 11.1 Å². The predicted molar refractivity (Wildman–Crippen MR) is 110 cm³/mol. The summed E-state index contributed by atoms with van der Waals surface area (Å²) in [6.07, 6.45) is 1.87. The van der Waals surface area contributed by atoms with Crippen molar-refractivity contribution in [1.82, 2.24) is 4.98 Å². The van der Waals surface area contributed by atoms with Crippen LogP contribution in [-0.2, 0) is 6.18 Å². The molecular weight excluding hydrogens is 411 g/mol. The van der Waals surface area contributed by atoms with E-state index in [2.05, 4.69) is 9.98 Å². The third-order valence-electron chi connectivity index (χ3n) is 5.04. The van der Waals surface area contributed by atoms with E-state index in [0.717, 1.165) is 47.9 Å². The van der Waals surface area contributed by atoms with Crippen LogP contribution in [0.3, 0.4) is 0 Å². The second kappa shape index (κ2) is 8.41. The van der Waals surface area contributed by atoms with Gasteiger partial charge in [0.05, 0.1) is 11.3 Å². The maximum Gasteiger partial charge on any atom is 0.419 e. The molecular formula is C24H17F5N2. The van der Waals surface area contributed by atoms with Crippen LogP contribution in [0.25, 0.3) is 17.2 Å². The van der Waals surface area contributed by atoms with Crippen LogP contribution in [0, 0.1) is 11.6 Å². The first kappa shape index (κ1) is 20.9. The highest BCUT2D eigenvalue weighted by atomic mass is 19.4. The third-order valence-corrected chi connectivity index (χ3v) is 5.04. The van der Waals surface area contributed by atoms with Crippen molar-refractivity contribution in [2.75, 3.05) is 6.54 Å². The van der Waals surface area contributed by atoms with Crippen LogP contribution in [0.4, 0.5) is 22.0 Å². The second-order valence-electron chi connectivity index (χ2n) is 7.15. The van der Waals surface area contributed by atoms with Crippen molar-refractivity contribution < 1.29 is 22.0 Å². The number of halogens is 5. The van der Waals surface area contributed by atoms with E-state index in [0.29, 0.717) is 18.2 Å². The van der Waals surface area contributed by atoms with Crippen LogP contribution in [0.5, 0.6) is 0 Å². The molecule has 31 heavy (non-hydrogen) atoms. The molecule has 1 aromatic heterocycles. The summed E-state index contributed by atoms with van der Waals surface area (Å²) < 4.78 is 68.3. The molecule has 158 valence electrons. The summed E-state index contributed by atoms with van der Waals surface area (Å²) in [4.78, 5) is 8.69. The molecule has 0 atom stereocenters. The minimum absolute atomic E-state index is 0.228. The van der Waals surface area contributed by atoms with Crippen molar-refractivity contribution in [2.24, 2.45) is 4.99 Å². The van der Waals surface area contributed by atoms with E-state index >= 15 is 0 Å². The van der Waals surface area contributed by atoms with Gasteiger partial charge in [-0.1, -0.05) is 18.2 Å². The lowest BCUT2D eigenvalue weighted by atomic mass is 9.93. The molecule has 0 saturated heterocycles. The van der Waals surface area contributed by atoms with E-state index in [1.165, 1.54) is 12.1 Å². The fourth-order valence-corrected chi connectivity index (χ4v) is 3.60. The highest BCUT2D eigenvalue weighted by Crippen LogP contribution is 2.36. The van der Waals surface area contributed by atoms with E-state index < -0.39 is 28.9 Å². The zero-order valence-corrected chi connectivity index (χ0v) is 16.3. The number of alkyl halides is 3. The smallest absolute Gasteiger partial charge is 0.284 e. The summed E-state index contributed by atoms with van der Waals surface area (Å²) in [5.41, 5.74) is 0.982. The van der Waals surface area contributed by atoms with Gasteiger partial charge in [0.25, 0.3) is 0 Å². The molecule has 1 aliphatic rings. The van der Waals surface area contributed by atoms with Crippen molar-refractivity contribution in [3.63, 3.8) is 0 Å². The summed E-state index contributed by atoms with van der Waals surface area (Å²) in [5.74, 6) is -2.29. The van der Waals surface area contributed by atoms with Gasteiger partial charge in [-0.05, 0) is 60.4 Å². The first-order valence-corrected chi connectivity index (χ1v) is 9.66. The summed E-state index contributed by atoms with van der Waals surface area (Å²) >= 11 is 0. The molecule has 0 fully saturated rings. The molecule has 2 nitrogen and oxygen atoms in total. The van der Waals surface area contributed by atoms with Crippen molar-refractivity contribution in [1.29, 1.82) is 0 Å². The Kier molecular flexibility index (Phi) is 5.67. The first-order chi connectivity index (χ1) is 14.8. The molecule has 2 aromatic carbocycles. The zero-order chi connectivity index (χ0) is 22.0. The lowest BCUT2D eigenvalue weighted by Gasteiger charge is -2.17. The molecule has 0 radical (unpaired) electrons. The van der Waals surface area contributed by atoms with E-state index in [9.17, 15) is 22.0 Å². The van der Waals surface area contributed by atoms with E-state index in [1.54, 1.807) is 24.5 Å². The third kappa shape index (κ3) is 4.40. The highest BCUT2D eigenvalue weighted by molar-refractivity contribution is 6.15. The number of nitrogens with zero attached hydrogens (tertiary/aromatic N) is 2. The molecule has 0 spiro atoms. The van der Waals surface area contributed by atoms with E-state index in [4.69, 9.17) is 0 Å². The molecule has 4 rings (SSSR count). The number of rotatable bonds is 3. The fourth-order valence-electron chi connectivity index (χ4n) is 3.60. The Morgan fingerprint density at radius 1 is 0.935 bits per heavy atom. The molecule has 0 amide bonds. The Bertz CT molecular complexity index is 1160. The molecule has 3 aromatic rings. The number of hydrogen-bond acceptors (Lipinski definition) is 2. The summed E-state index contributed by atoms with van der Waals surface area (Å²) in [7, 11) is 0. The Labute approximate surface area is 175 Å². The number of allylic oxidation sites excluding steroid dienone is 1. The Morgan fingerprint density at radius 3 is 2.52 bits per heavy atom. The average Bonchev–Trinajstić information content (AvgIpc) is 2.76. The first-order valence-electron chi connectivity index (χ1n) is 9.66. The van der Waals surface area contributed by atoms with Gasteiger partial charge in [0.15, 0.2) is 0 Å². The largest absolute Gasteiger partial charge is 0.419 e. The van der Waals surface area contributed by atoms with Gasteiger partial charge >= 0.3 is 6.18 Å². The average molecular weight is 428 g/mol. The predicted octanol–water partition coefficient (Wildman–Crippen LogP) is 6.71. The Balaban J connectivity index is 1.77. The maximum absolute atomic E-state index is 14.6. The molecule has 0 unspecified atom stereocenters. The van der Waals surface area contributed by atoms with Gasteiger partial charge in [0.1, 0.15) is 11.6 Å². The molecule has 7 heteroatoms. The van der Waals surface area contributed by atoms with Crippen molar-refractivity contribution in [3.05, 3.63) is 94.8 Å². The van der Waals surface area contributed by atoms with Crippen LogP contribution in [0.2, 0.25) is 0 Å².